The van der Waals surface area contributed by atoms with Crippen molar-refractivity contribution in [1.82, 2.24) is 0 Å². The van der Waals surface area contributed by atoms with E-state index in [4.69, 9.17) is 34.8 Å². The van der Waals surface area contributed by atoms with E-state index in [1.165, 1.54) is 12.0 Å². The molecule has 1 aliphatic rings. The van der Waals surface area contributed by atoms with Crippen LogP contribution >= 0.6 is 34.8 Å². The fourth-order valence-corrected chi connectivity index (χ4v) is 2.11. The van der Waals surface area contributed by atoms with E-state index >= 15 is 0 Å². The third-order valence-electron chi connectivity index (χ3n) is 2.07. The minimum atomic E-state index is 0.417. The standard InChI is InChI=1S/C6H3Cl3.C6H7.Zr/c7-4-2-1-3-5(8)6(4)9;1-6-4-2-3-5-6;/h1-3H;2,4H,3H2,1H3;. The molecule has 0 radical (unpaired) electrons. The van der Waals surface area contributed by atoms with E-state index in [9.17, 15) is 0 Å². The van der Waals surface area contributed by atoms with Crippen molar-refractivity contribution in [1.29, 1.82) is 0 Å². The van der Waals surface area contributed by atoms with Gasteiger partial charge < -0.3 is 0 Å². The van der Waals surface area contributed by atoms with Gasteiger partial charge in [0.25, 0.3) is 0 Å². The van der Waals surface area contributed by atoms with E-state index in [0.29, 0.717) is 15.1 Å². The Bertz CT molecular complexity index is 416. The molecule has 0 bridgehead atoms. The van der Waals surface area contributed by atoms with Gasteiger partial charge in [0.2, 0.25) is 0 Å². The summed E-state index contributed by atoms with van der Waals surface area (Å²) in [5.74, 6) is 0. The summed E-state index contributed by atoms with van der Waals surface area (Å²) in [4.78, 5) is 0. The smallest absolute Gasteiger partial charge is 0.0778 e. The van der Waals surface area contributed by atoms with Crippen molar-refractivity contribution in [3.8, 4) is 0 Å². The molecule has 0 aromatic heterocycles. The van der Waals surface area contributed by atoms with Crippen molar-refractivity contribution in [3.63, 3.8) is 0 Å². The summed E-state index contributed by atoms with van der Waals surface area (Å²) in [5.41, 5.74) is 1.48. The van der Waals surface area contributed by atoms with Gasteiger partial charge in [-0.25, -0.2) is 0 Å². The first-order valence-electron chi connectivity index (χ1n) is 4.69. The van der Waals surface area contributed by atoms with E-state index in [2.05, 4.69) is 19.1 Å². The number of rotatable bonds is 0. The molecule has 0 unspecified atom stereocenters. The zero-order chi connectivity index (χ0) is 12.1. The summed E-state index contributed by atoms with van der Waals surface area (Å²) in [6.07, 6.45) is 5.63. The van der Waals surface area contributed by atoms with Crippen LogP contribution in [-0.4, -0.2) is 0 Å². The SMILES string of the molecule is CC1=[C]([Zr])CC=C1.Clc1cccc(Cl)c1Cl. The maximum absolute atomic E-state index is 5.61. The third kappa shape index (κ3) is 4.37. The van der Waals surface area contributed by atoms with Gasteiger partial charge in [0.15, 0.2) is 0 Å². The molecule has 16 heavy (non-hydrogen) atoms. The first-order chi connectivity index (χ1) is 7.52. The minimum Gasteiger partial charge on any atom is -0.0827 e. The Kier molecular flexibility index (Phi) is 6.36. The van der Waals surface area contributed by atoms with Gasteiger partial charge in [0.1, 0.15) is 0 Å². The van der Waals surface area contributed by atoms with Crippen molar-refractivity contribution in [2.24, 2.45) is 0 Å². The van der Waals surface area contributed by atoms with Crippen molar-refractivity contribution in [3.05, 3.63) is 54.3 Å². The molecular formula is C12H10Cl3Zr. The Morgan fingerprint density at radius 3 is 1.94 bits per heavy atom. The van der Waals surface area contributed by atoms with Crippen LogP contribution in [0.2, 0.25) is 15.1 Å². The largest absolute Gasteiger partial charge is 0.0827 e. The normalized spacial score (nSPS) is 13.7. The maximum atomic E-state index is 5.61. The number of benzene rings is 1. The Morgan fingerprint density at radius 2 is 1.69 bits per heavy atom. The van der Waals surface area contributed by atoms with Crippen LogP contribution in [0.25, 0.3) is 0 Å². The van der Waals surface area contributed by atoms with E-state index < -0.39 is 0 Å². The minimum absolute atomic E-state index is 0.417. The zero-order valence-corrected chi connectivity index (χ0v) is 13.5. The van der Waals surface area contributed by atoms with Gasteiger partial charge in [-0.05, 0) is 12.1 Å². The molecule has 1 aliphatic carbocycles. The molecule has 0 aliphatic heterocycles. The second kappa shape index (κ2) is 7.01. The Morgan fingerprint density at radius 1 is 1.12 bits per heavy atom. The summed E-state index contributed by atoms with van der Waals surface area (Å²) in [6.45, 7) is 2.17. The van der Waals surface area contributed by atoms with E-state index in [0.717, 1.165) is 0 Å². The van der Waals surface area contributed by atoms with Crippen molar-refractivity contribution in [2.75, 3.05) is 0 Å². The summed E-state index contributed by atoms with van der Waals surface area (Å²) >= 11 is 18.4. The fraction of sp³-hybridized carbons (Fsp3) is 0.167. The Hall–Kier alpha value is 0.453. The summed E-state index contributed by atoms with van der Waals surface area (Å²) in [5, 5.41) is 1.40. The molecule has 0 heterocycles. The molecule has 0 saturated heterocycles. The number of hydrogen-bond donors (Lipinski definition) is 0. The molecule has 0 atom stereocenters. The second-order valence-corrected chi connectivity index (χ2v) is 5.98. The summed E-state index contributed by atoms with van der Waals surface area (Å²) in [7, 11) is 0. The first kappa shape index (κ1) is 14.5. The Labute approximate surface area is 126 Å². The predicted octanol–water partition coefficient (Wildman–Crippen LogP) is 5.41. The molecule has 0 spiro atoms. The molecule has 1 aromatic rings. The molecule has 0 amide bonds. The van der Waals surface area contributed by atoms with Crippen LogP contribution in [0, 0.1) is 0 Å². The van der Waals surface area contributed by atoms with Gasteiger partial charge in [-0.2, -0.15) is 0 Å². The topological polar surface area (TPSA) is 0 Å². The molecule has 83 valence electrons. The second-order valence-electron chi connectivity index (χ2n) is 3.30. The van der Waals surface area contributed by atoms with Gasteiger partial charge in [0.05, 0.1) is 15.1 Å². The van der Waals surface area contributed by atoms with Gasteiger partial charge in [-0.15, -0.1) is 0 Å². The van der Waals surface area contributed by atoms with Crippen LogP contribution in [0.4, 0.5) is 0 Å². The molecule has 0 nitrogen and oxygen atoms in total. The quantitative estimate of drug-likeness (QED) is 0.548. The molecule has 2 rings (SSSR count). The Balaban J connectivity index is 0.000000165. The van der Waals surface area contributed by atoms with Crippen molar-refractivity contribution in [2.45, 2.75) is 13.3 Å². The van der Waals surface area contributed by atoms with Crippen LogP contribution < -0.4 is 0 Å². The number of hydrogen-bond acceptors (Lipinski definition) is 0. The predicted molar refractivity (Wildman–Crippen MR) is 67.9 cm³/mol. The van der Waals surface area contributed by atoms with E-state index in [-0.39, 0.29) is 0 Å². The molecule has 0 N–H and O–H groups in total. The summed E-state index contributed by atoms with van der Waals surface area (Å²) in [6, 6.07) is 5.13. The van der Waals surface area contributed by atoms with Gasteiger partial charge in [0, 0.05) is 0 Å². The van der Waals surface area contributed by atoms with Gasteiger partial charge >= 0.3 is 59.1 Å². The van der Waals surface area contributed by atoms with Crippen LogP contribution in [-0.2, 0) is 24.7 Å². The molecular weight excluding hydrogens is 342 g/mol. The first-order valence-corrected chi connectivity index (χ1v) is 7.06. The van der Waals surface area contributed by atoms with Gasteiger partial charge in [-0.3, -0.25) is 0 Å². The van der Waals surface area contributed by atoms with Gasteiger partial charge in [-0.1, -0.05) is 40.9 Å². The zero-order valence-electron chi connectivity index (χ0n) is 8.73. The average Bonchev–Trinajstić information content (AvgIpc) is 2.61. The molecule has 4 heteroatoms. The monoisotopic (exact) mass is 349 g/mol. The van der Waals surface area contributed by atoms with Crippen molar-refractivity contribution < 1.29 is 24.7 Å². The van der Waals surface area contributed by atoms with E-state index in [1.54, 1.807) is 46.2 Å². The van der Waals surface area contributed by atoms with Crippen LogP contribution in [0.1, 0.15) is 13.3 Å². The maximum Gasteiger partial charge on any atom is 0.0778 e. The number of halogens is 3. The third-order valence-corrected chi connectivity index (χ3v) is 4.77. The van der Waals surface area contributed by atoms with Crippen LogP contribution in [0.5, 0.6) is 0 Å². The number of allylic oxidation sites excluding steroid dienone is 4. The van der Waals surface area contributed by atoms with E-state index in [1.807, 2.05) is 0 Å². The molecule has 1 aromatic carbocycles. The average molecular weight is 352 g/mol. The van der Waals surface area contributed by atoms with Crippen LogP contribution in [0.15, 0.2) is 39.2 Å². The summed E-state index contributed by atoms with van der Waals surface area (Å²) < 4.78 is 1.60. The van der Waals surface area contributed by atoms with Crippen molar-refractivity contribution >= 4 is 34.8 Å². The molecule has 0 saturated carbocycles. The van der Waals surface area contributed by atoms with Crippen LogP contribution in [0.3, 0.4) is 0 Å². The fourth-order valence-electron chi connectivity index (χ4n) is 1.09. The molecule has 0 fully saturated rings.